The first kappa shape index (κ1) is 16.2. The van der Waals surface area contributed by atoms with Gasteiger partial charge in [0, 0.05) is 11.3 Å². The molecule has 1 amide bonds. The zero-order chi connectivity index (χ0) is 16.9. The van der Waals surface area contributed by atoms with Crippen molar-refractivity contribution in [2.45, 2.75) is 18.9 Å². The molecule has 1 aliphatic heterocycles. The van der Waals surface area contributed by atoms with Gasteiger partial charge in [-0.2, -0.15) is 0 Å². The van der Waals surface area contributed by atoms with Crippen molar-refractivity contribution in [3.8, 4) is 11.1 Å². The first-order valence-corrected chi connectivity index (χ1v) is 8.06. The van der Waals surface area contributed by atoms with E-state index in [0.29, 0.717) is 13.0 Å². The molecular formula is C19H20N2O3. The molecule has 0 radical (unpaired) electrons. The average molecular weight is 324 g/mol. The summed E-state index contributed by atoms with van der Waals surface area (Å²) >= 11 is 0. The smallest absolute Gasteiger partial charge is 0.320 e. The predicted octanol–water partition coefficient (Wildman–Crippen LogP) is 2.84. The van der Waals surface area contributed by atoms with Gasteiger partial charge in [0.25, 0.3) is 0 Å². The molecule has 0 saturated carbocycles. The third-order valence-electron chi connectivity index (χ3n) is 4.28. The SMILES string of the molecule is O=C(CN1CCC[C@H]1C(=O)O)Nc1ccccc1-c1ccccc1. The molecule has 0 aliphatic carbocycles. The number of carboxylic acids is 1. The topological polar surface area (TPSA) is 69.6 Å². The van der Waals surface area contributed by atoms with Gasteiger partial charge in [-0.3, -0.25) is 14.5 Å². The lowest BCUT2D eigenvalue weighted by atomic mass is 10.0. The first-order valence-electron chi connectivity index (χ1n) is 8.06. The van der Waals surface area contributed by atoms with Crippen LogP contribution in [0.5, 0.6) is 0 Å². The van der Waals surface area contributed by atoms with Crippen molar-refractivity contribution in [2.24, 2.45) is 0 Å². The number of benzene rings is 2. The minimum absolute atomic E-state index is 0.0973. The van der Waals surface area contributed by atoms with Gasteiger partial charge in [-0.15, -0.1) is 0 Å². The van der Waals surface area contributed by atoms with Gasteiger partial charge in [-0.1, -0.05) is 48.5 Å². The fourth-order valence-electron chi connectivity index (χ4n) is 3.13. The van der Waals surface area contributed by atoms with Gasteiger partial charge in [0.05, 0.1) is 6.54 Å². The van der Waals surface area contributed by atoms with E-state index in [2.05, 4.69) is 5.32 Å². The fraction of sp³-hybridized carbons (Fsp3) is 0.263. The van der Waals surface area contributed by atoms with Gasteiger partial charge in [0.15, 0.2) is 0 Å². The predicted molar refractivity (Wildman–Crippen MR) is 92.7 cm³/mol. The maximum Gasteiger partial charge on any atom is 0.320 e. The van der Waals surface area contributed by atoms with Crippen molar-refractivity contribution in [3.63, 3.8) is 0 Å². The van der Waals surface area contributed by atoms with Crippen molar-refractivity contribution in [1.82, 2.24) is 4.90 Å². The summed E-state index contributed by atoms with van der Waals surface area (Å²) < 4.78 is 0. The van der Waals surface area contributed by atoms with Crippen LogP contribution in [0.15, 0.2) is 54.6 Å². The minimum atomic E-state index is -0.856. The number of carboxylic acid groups (broad SMARTS) is 1. The van der Waals surface area contributed by atoms with Gasteiger partial charge in [-0.05, 0) is 31.0 Å². The Bertz CT molecular complexity index is 730. The van der Waals surface area contributed by atoms with Crippen LogP contribution >= 0.6 is 0 Å². The van der Waals surface area contributed by atoms with Crippen LogP contribution < -0.4 is 5.32 Å². The number of likely N-dealkylation sites (tertiary alicyclic amines) is 1. The summed E-state index contributed by atoms with van der Waals surface area (Å²) in [6, 6.07) is 16.9. The number of amides is 1. The Morgan fingerprint density at radius 2 is 1.79 bits per heavy atom. The lowest BCUT2D eigenvalue weighted by Gasteiger charge is -2.20. The Balaban J connectivity index is 1.72. The molecule has 24 heavy (non-hydrogen) atoms. The summed E-state index contributed by atoms with van der Waals surface area (Å²) in [5.74, 6) is -1.04. The number of hydrogen-bond donors (Lipinski definition) is 2. The highest BCUT2D eigenvalue weighted by atomic mass is 16.4. The molecule has 5 heteroatoms. The van der Waals surface area contributed by atoms with E-state index in [1.807, 2.05) is 54.6 Å². The van der Waals surface area contributed by atoms with Crippen LogP contribution in [0.2, 0.25) is 0 Å². The largest absolute Gasteiger partial charge is 0.480 e. The Kier molecular flexibility index (Phi) is 4.91. The lowest BCUT2D eigenvalue weighted by molar-refractivity contribution is -0.142. The highest BCUT2D eigenvalue weighted by molar-refractivity contribution is 5.96. The van der Waals surface area contributed by atoms with E-state index in [1.54, 1.807) is 4.90 Å². The van der Waals surface area contributed by atoms with E-state index >= 15 is 0 Å². The Labute approximate surface area is 140 Å². The van der Waals surface area contributed by atoms with Gasteiger partial charge in [0.2, 0.25) is 5.91 Å². The van der Waals surface area contributed by atoms with E-state index in [1.165, 1.54) is 0 Å². The quantitative estimate of drug-likeness (QED) is 0.887. The van der Waals surface area contributed by atoms with Crippen LogP contribution in [0.25, 0.3) is 11.1 Å². The number of nitrogens with zero attached hydrogens (tertiary/aromatic N) is 1. The Morgan fingerprint density at radius 3 is 2.54 bits per heavy atom. The second-order valence-electron chi connectivity index (χ2n) is 5.93. The molecule has 0 unspecified atom stereocenters. The fourth-order valence-corrected chi connectivity index (χ4v) is 3.13. The van der Waals surface area contributed by atoms with Gasteiger partial charge in [-0.25, -0.2) is 0 Å². The standard InChI is InChI=1S/C19H20N2O3/c22-18(13-21-12-6-11-17(21)19(23)24)20-16-10-5-4-9-15(16)14-7-2-1-3-8-14/h1-5,7-10,17H,6,11-13H2,(H,20,22)(H,23,24)/t17-/m0/s1. The second kappa shape index (κ2) is 7.27. The molecule has 1 atom stereocenters. The second-order valence-corrected chi connectivity index (χ2v) is 5.93. The highest BCUT2D eigenvalue weighted by Crippen LogP contribution is 2.27. The Hall–Kier alpha value is -2.66. The van der Waals surface area contributed by atoms with Crippen LogP contribution in [0.4, 0.5) is 5.69 Å². The van der Waals surface area contributed by atoms with E-state index < -0.39 is 12.0 Å². The number of hydrogen-bond acceptors (Lipinski definition) is 3. The summed E-state index contributed by atoms with van der Waals surface area (Å²) in [7, 11) is 0. The minimum Gasteiger partial charge on any atom is -0.480 e. The third-order valence-corrected chi connectivity index (χ3v) is 4.28. The molecule has 5 nitrogen and oxygen atoms in total. The molecule has 1 saturated heterocycles. The number of aliphatic carboxylic acids is 1. The number of para-hydroxylation sites is 1. The average Bonchev–Trinajstić information content (AvgIpc) is 3.04. The van der Waals surface area contributed by atoms with Crippen molar-refractivity contribution in [3.05, 3.63) is 54.6 Å². The van der Waals surface area contributed by atoms with Gasteiger partial charge in [0.1, 0.15) is 6.04 Å². The zero-order valence-corrected chi connectivity index (χ0v) is 13.3. The van der Waals surface area contributed by atoms with Crippen LogP contribution in [0, 0.1) is 0 Å². The number of carbonyl (C=O) groups is 2. The van der Waals surface area contributed by atoms with E-state index in [-0.39, 0.29) is 12.5 Å². The summed E-state index contributed by atoms with van der Waals surface area (Å²) in [5.41, 5.74) is 2.71. The molecule has 124 valence electrons. The molecule has 2 aromatic rings. The third kappa shape index (κ3) is 3.63. The van der Waals surface area contributed by atoms with Crippen LogP contribution in [-0.2, 0) is 9.59 Å². The van der Waals surface area contributed by atoms with E-state index in [4.69, 9.17) is 0 Å². The maximum atomic E-state index is 12.4. The van der Waals surface area contributed by atoms with E-state index in [9.17, 15) is 14.7 Å². The van der Waals surface area contributed by atoms with Gasteiger partial charge < -0.3 is 10.4 Å². The normalized spacial score (nSPS) is 17.6. The zero-order valence-electron chi connectivity index (χ0n) is 13.3. The molecule has 2 N–H and O–H groups in total. The lowest BCUT2D eigenvalue weighted by Crippen LogP contribution is -2.40. The van der Waals surface area contributed by atoms with Gasteiger partial charge >= 0.3 is 5.97 Å². The van der Waals surface area contributed by atoms with Crippen LogP contribution in [-0.4, -0.2) is 41.0 Å². The monoisotopic (exact) mass is 324 g/mol. The van der Waals surface area contributed by atoms with Crippen LogP contribution in [0.3, 0.4) is 0 Å². The van der Waals surface area contributed by atoms with Crippen molar-refractivity contribution in [1.29, 1.82) is 0 Å². The van der Waals surface area contributed by atoms with Crippen molar-refractivity contribution < 1.29 is 14.7 Å². The number of rotatable bonds is 5. The summed E-state index contributed by atoms with van der Waals surface area (Å²) in [5, 5.41) is 12.1. The highest BCUT2D eigenvalue weighted by Gasteiger charge is 2.31. The first-order chi connectivity index (χ1) is 11.6. The molecular weight excluding hydrogens is 304 g/mol. The van der Waals surface area contributed by atoms with Crippen LogP contribution in [0.1, 0.15) is 12.8 Å². The molecule has 0 aromatic heterocycles. The number of anilines is 1. The van der Waals surface area contributed by atoms with Crippen molar-refractivity contribution >= 4 is 17.6 Å². The summed E-state index contributed by atoms with van der Waals surface area (Å²) in [4.78, 5) is 25.3. The van der Waals surface area contributed by atoms with Crippen molar-refractivity contribution in [2.75, 3.05) is 18.4 Å². The summed E-state index contributed by atoms with van der Waals surface area (Å²) in [6.07, 6.45) is 1.41. The molecule has 2 aromatic carbocycles. The molecule has 0 spiro atoms. The molecule has 1 fully saturated rings. The molecule has 1 heterocycles. The maximum absolute atomic E-state index is 12.4. The number of carbonyl (C=O) groups excluding carboxylic acids is 1. The number of nitrogens with one attached hydrogen (secondary N) is 1. The summed E-state index contributed by atoms with van der Waals surface area (Å²) in [6.45, 7) is 0.741. The molecule has 1 aliphatic rings. The molecule has 3 rings (SSSR count). The van der Waals surface area contributed by atoms with E-state index in [0.717, 1.165) is 23.2 Å². The molecule has 0 bridgehead atoms. The Morgan fingerprint density at radius 1 is 1.08 bits per heavy atom.